The lowest BCUT2D eigenvalue weighted by molar-refractivity contribution is 0.0633. The standard InChI is InChI=1S/C16H20BrN3O2/c1-3-5-20-12-11-15(17)22-14(12)10-13(20)16(21)19-8-6-18(4-2)7-9-19/h3,10-11H,1,4-9H2,2H3. The van der Waals surface area contributed by atoms with Gasteiger partial charge in [0.05, 0.1) is 5.52 Å². The summed E-state index contributed by atoms with van der Waals surface area (Å²) in [7, 11) is 0. The van der Waals surface area contributed by atoms with Crippen molar-refractivity contribution in [1.82, 2.24) is 14.4 Å². The summed E-state index contributed by atoms with van der Waals surface area (Å²) in [6.07, 6.45) is 1.80. The largest absolute Gasteiger partial charge is 0.448 e. The number of hydrogen-bond donors (Lipinski definition) is 0. The lowest BCUT2D eigenvalue weighted by Gasteiger charge is -2.34. The van der Waals surface area contributed by atoms with Gasteiger partial charge in [-0.05, 0) is 22.5 Å². The Bertz CT molecular complexity index is 696. The Morgan fingerprint density at radius 3 is 2.73 bits per heavy atom. The van der Waals surface area contributed by atoms with Gasteiger partial charge in [0.15, 0.2) is 10.3 Å². The third-order valence-electron chi connectivity index (χ3n) is 4.20. The highest BCUT2D eigenvalue weighted by Crippen LogP contribution is 2.28. The molecule has 0 radical (unpaired) electrons. The fourth-order valence-electron chi connectivity index (χ4n) is 2.94. The topological polar surface area (TPSA) is 41.6 Å². The smallest absolute Gasteiger partial charge is 0.270 e. The van der Waals surface area contributed by atoms with Crippen molar-refractivity contribution >= 4 is 32.9 Å². The molecule has 0 atom stereocenters. The summed E-state index contributed by atoms with van der Waals surface area (Å²) >= 11 is 3.34. The minimum absolute atomic E-state index is 0.0696. The molecular formula is C16H20BrN3O2. The predicted octanol–water partition coefficient (Wildman–Crippen LogP) is 2.96. The summed E-state index contributed by atoms with van der Waals surface area (Å²) in [5.74, 6) is 0.0696. The lowest BCUT2D eigenvalue weighted by atomic mass is 10.2. The first kappa shape index (κ1) is 15.4. The van der Waals surface area contributed by atoms with Crippen LogP contribution in [0.25, 0.3) is 11.1 Å². The van der Waals surface area contributed by atoms with E-state index in [1.165, 1.54) is 0 Å². The number of furan rings is 1. The fraction of sp³-hybridized carbons (Fsp3) is 0.438. The Morgan fingerprint density at radius 2 is 2.09 bits per heavy atom. The van der Waals surface area contributed by atoms with Crippen LogP contribution in [0.1, 0.15) is 17.4 Å². The normalized spacial score (nSPS) is 16.4. The molecule has 2 aromatic rings. The minimum atomic E-state index is 0.0696. The van der Waals surface area contributed by atoms with E-state index in [2.05, 4.69) is 34.3 Å². The van der Waals surface area contributed by atoms with Crippen molar-refractivity contribution in [1.29, 1.82) is 0 Å². The number of aromatic nitrogens is 1. The summed E-state index contributed by atoms with van der Waals surface area (Å²) in [5, 5.41) is 0. The van der Waals surface area contributed by atoms with Gasteiger partial charge in [-0.25, -0.2) is 0 Å². The third kappa shape index (κ3) is 2.73. The van der Waals surface area contributed by atoms with Crippen LogP contribution in [-0.4, -0.2) is 53.0 Å². The Kier molecular flexibility index (Phi) is 4.40. The van der Waals surface area contributed by atoms with Crippen LogP contribution in [-0.2, 0) is 6.54 Å². The lowest BCUT2D eigenvalue weighted by Crippen LogP contribution is -2.48. The minimum Gasteiger partial charge on any atom is -0.448 e. The summed E-state index contributed by atoms with van der Waals surface area (Å²) in [5.41, 5.74) is 2.32. The Labute approximate surface area is 138 Å². The molecule has 0 N–H and O–H groups in total. The van der Waals surface area contributed by atoms with Gasteiger partial charge in [-0.15, -0.1) is 6.58 Å². The number of fused-ring (bicyclic) bond motifs is 1. The van der Waals surface area contributed by atoms with Gasteiger partial charge in [-0.1, -0.05) is 13.0 Å². The average Bonchev–Trinajstić information content (AvgIpc) is 3.04. The van der Waals surface area contributed by atoms with Gasteiger partial charge in [-0.3, -0.25) is 4.79 Å². The van der Waals surface area contributed by atoms with Gasteiger partial charge < -0.3 is 18.8 Å². The molecule has 1 aliphatic heterocycles. The molecule has 0 bridgehead atoms. The summed E-state index contributed by atoms with van der Waals surface area (Å²) < 4.78 is 8.23. The second-order valence-corrected chi connectivity index (χ2v) is 6.24. The van der Waals surface area contributed by atoms with Gasteiger partial charge >= 0.3 is 0 Å². The summed E-state index contributed by atoms with van der Waals surface area (Å²) in [4.78, 5) is 17.1. The van der Waals surface area contributed by atoms with E-state index in [0.717, 1.165) is 43.8 Å². The monoisotopic (exact) mass is 365 g/mol. The molecule has 22 heavy (non-hydrogen) atoms. The van der Waals surface area contributed by atoms with E-state index >= 15 is 0 Å². The van der Waals surface area contributed by atoms with Crippen LogP contribution in [0, 0.1) is 0 Å². The molecule has 0 unspecified atom stereocenters. The highest BCUT2D eigenvalue weighted by Gasteiger charge is 2.25. The van der Waals surface area contributed by atoms with Crippen molar-refractivity contribution in [2.75, 3.05) is 32.7 Å². The van der Waals surface area contributed by atoms with Crippen LogP contribution in [0.3, 0.4) is 0 Å². The first-order valence-corrected chi connectivity index (χ1v) is 8.34. The van der Waals surface area contributed by atoms with Crippen molar-refractivity contribution < 1.29 is 9.21 Å². The molecule has 0 aliphatic carbocycles. The van der Waals surface area contributed by atoms with Crippen LogP contribution in [0.2, 0.25) is 0 Å². The highest BCUT2D eigenvalue weighted by molar-refractivity contribution is 9.10. The molecular weight excluding hydrogens is 346 g/mol. The SMILES string of the molecule is C=CCn1c(C(=O)N2CCN(CC)CC2)cc2oc(Br)cc21. The number of halogens is 1. The zero-order valence-electron chi connectivity index (χ0n) is 12.7. The van der Waals surface area contributed by atoms with Crippen LogP contribution < -0.4 is 0 Å². The molecule has 0 spiro atoms. The van der Waals surface area contributed by atoms with E-state index < -0.39 is 0 Å². The van der Waals surface area contributed by atoms with Crippen molar-refractivity contribution in [3.8, 4) is 0 Å². The van der Waals surface area contributed by atoms with E-state index in [4.69, 9.17) is 4.42 Å². The number of piperazine rings is 1. The molecule has 3 rings (SSSR count). The van der Waals surface area contributed by atoms with E-state index in [0.29, 0.717) is 16.9 Å². The van der Waals surface area contributed by atoms with Gasteiger partial charge in [0.1, 0.15) is 5.69 Å². The van der Waals surface area contributed by atoms with E-state index in [1.54, 1.807) is 6.08 Å². The maximum Gasteiger partial charge on any atom is 0.270 e. The number of hydrogen-bond acceptors (Lipinski definition) is 3. The molecule has 1 fully saturated rings. The number of carbonyl (C=O) groups is 1. The number of amides is 1. The zero-order valence-corrected chi connectivity index (χ0v) is 14.3. The maximum atomic E-state index is 12.8. The fourth-order valence-corrected chi connectivity index (χ4v) is 3.34. The molecule has 0 aromatic carbocycles. The molecule has 1 saturated heterocycles. The number of carbonyl (C=O) groups excluding carboxylic acids is 1. The van der Waals surface area contributed by atoms with Gasteiger partial charge in [0.25, 0.3) is 5.91 Å². The van der Waals surface area contributed by atoms with Crippen molar-refractivity contribution in [3.63, 3.8) is 0 Å². The molecule has 118 valence electrons. The molecule has 1 amide bonds. The quantitative estimate of drug-likeness (QED) is 0.782. The molecule has 6 heteroatoms. The first-order chi connectivity index (χ1) is 10.6. The number of likely N-dealkylation sites (N-methyl/N-ethyl adjacent to an activating group) is 1. The molecule has 0 saturated carbocycles. The zero-order chi connectivity index (χ0) is 15.7. The number of rotatable bonds is 4. The van der Waals surface area contributed by atoms with Crippen LogP contribution in [0.4, 0.5) is 0 Å². The van der Waals surface area contributed by atoms with Crippen LogP contribution in [0.5, 0.6) is 0 Å². The van der Waals surface area contributed by atoms with E-state index in [1.807, 2.05) is 21.6 Å². The number of nitrogens with zero attached hydrogens (tertiary/aromatic N) is 3. The molecule has 3 heterocycles. The Hall–Kier alpha value is -1.53. The van der Waals surface area contributed by atoms with Crippen LogP contribution in [0.15, 0.2) is 33.9 Å². The van der Waals surface area contributed by atoms with Crippen molar-refractivity contribution in [2.45, 2.75) is 13.5 Å². The van der Waals surface area contributed by atoms with Gasteiger partial charge in [0, 0.05) is 44.9 Å². The highest BCUT2D eigenvalue weighted by atomic mass is 79.9. The molecule has 2 aromatic heterocycles. The Balaban J connectivity index is 1.88. The van der Waals surface area contributed by atoms with Crippen molar-refractivity contribution in [3.05, 3.63) is 35.2 Å². The number of allylic oxidation sites excluding steroid dienone is 1. The molecule has 1 aliphatic rings. The average molecular weight is 366 g/mol. The first-order valence-electron chi connectivity index (χ1n) is 7.55. The van der Waals surface area contributed by atoms with E-state index in [9.17, 15) is 4.79 Å². The summed E-state index contributed by atoms with van der Waals surface area (Å²) in [6, 6.07) is 3.72. The third-order valence-corrected chi connectivity index (χ3v) is 4.59. The van der Waals surface area contributed by atoms with Crippen LogP contribution >= 0.6 is 15.9 Å². The summed E-state index contributed by atoms with van der Waals surface area (Å²) in [6.45, 7) is 11.0. The van der Waals surface area contributed by atoms with E-state index in [-0.39, 0.29) is 5.91 Å². The Morgan fingerprint density at radius 1 is 1.36 bits per heavy atom. The van der Waals surface area contributed by atoms with Crippen molar-refractivity contribution in [2.24, 2.45) is 0 Å². The second-order valence-electron chi connectivity index (χ2n) is 5.46. The van der Waals surface area contributed by atoms with Gasteiger partial charge in [-0.2, -0.15) is 0 Å². The maximum absolute atomic E-state index is 12.8. The molecule has 5 nitrogen and oxygen atoms in total. The van der Waals surface area contributed by atoms with Gasteiger partial charge in [0.2, 0.25) is 0 Å². The predicted molar refractivity (Wildman–Crippen MR) is 90.1 cm³/mol. The second kappa shape index (κ2) is 6.30.